The number of benzene rings is 1. The van der Waals surface area contributed by atoms with E-state index in [1.165, 1.54) is 6.07 Å². The lowest BCUT2D eigenvalue weighted by atomic mass is 9.97. The molecule has 0 amide bonds. The highest BCUT2D eigenvalue weighted by atomic mass is 19.1. The van der Waals surface area contributed by atoms with Gasteiger partial charge in [0.2, 0.25) is 5.96 Å². The molecule has 0 bridgehead atoms. The van der Waals surface area contributed by atoms with Crippen molar-refractivity contribution in [2.24, 2.45) is 10.7 Å². The molecule has 1 saturated heterocycles. The van der Waals surface area contributed by atoms with E-state index in [0.29, 0.717) is 5.56 Å². The number of nitrogens with two attached hydrogens (primary N) is 1. The molecule has 2 aliphatic rings. The van der Waals surface area contributed by atoms with Gasteiger partial charge in [0.25, 0.3) is 0 Å². The van der Waals surface area contributed by atoms with Gasteiger partial charge in [-0.05, 0) is 42.3 Å². The lowest BCUT2D eigenvalue weighted by Crippen LogP contribution is -2.56. The van der Waals surface area contributed by atoms with E-state index >= 15 is 0 Å². The average Bonchev–Trinajstić information content (AvgIpc) is 2.76. The van der Waals surface area contributed by atoms with E-state index in [1.807, 2.05) is 49.5 Å². The van der Waals surface area contributed by atoms with Crippen LogP contribution in [0.15, 0.2) is 59.5 Å². The topological polar surface area (TPSA) is 73.0 Å². The van der Waals surface area contributed by atoms with Gasteiger partial charge < -0.3 is 20.0 Å². The molecule has 3 N–H and O–H groups in total. The summed E-state index contributed by atoms with van der Waals surface area (Å²) in [6.45, 7) is 5.00. The van der Waals surface area contributed by atoms with Crippen molar-refractivity contribution in [3.05, 3.63) is 71.4 Å². The summed E-state index contributed by atoms with van der Waals surface area (Å²) in [7, 11) is 3.91. The Bertz CT molecular complexity index is 965. The van der Waals surface area contributed by atoms with Crippen LogP contribution >= 0.6 is 0 Å². The maximum absolute atomic E-state index is 13.8. The molecule has 3 heterocycles. The van der Waals surface area contributed by atoms with Crippen LogP contribution in [0.1, 0.15) is 11.1 Å². The van der Waals surface area contributed by atoms with E-state index < -0.39 is 5.66 Å². The van der Waals surface area contributed by atoms with Gasteiger partial charge in [-0.2, -0.15) is 0 Å². The van der Waals surface area contributed by atoms with Crippen LogP contribution in [0.5, 0.6) is 0 Å². The molecule has 1 aromatic heterocycles. The van der Waals surface area contributed by atoms with E-state index in [4.69, 9.17) is 10.7 Å². The number of anilines is 1. The first-order valence-electron chi connectivity index (χ1n) is 10.1. The van der Waals surface area contributed by atoms with Gasteiger partial charge in [-0.15, -0.1) is 0 Å². The smallest absolute Gasteiger partial charge is 0.202 e. The van der Waals surface area contributed by atoms with Crippen molar-refractivity contribution in [1.29, 1.82) is 0 Å². The van der Waals surface area contributed by atoms with Gasteiger partial charge in [-0.3, -0.25) is 5.73 Å². The van der Waals surface area contributed by atoms with Crippen molar-refractivity contribution in [2.45, 2.75) is 12.6 Å². The van der Waals surface area contributed by atoms with Gasteiger partial charge in [-0.1, -0.05) is 12.1 Å². The molecule has 2 aliphatic heterocycles. The minimum absolute atomic E-state index is 0.247. The zero-order valence-electron chi connectivity index (χ0n) is 17.6. The van der Waals surface area contributed by atoms with Crippen molar-refractivity contribution in [3.63, 3.8) is 0 Å². The molecule has 0 spiro atoms. The third kappa shape index (κ3) is 3.95. The van der Waals surface area contributed by atoms with Crippen LogP contribution in [0.2, 0.25) is 0 Å². The summed E-state index contributed by atoms with van der Waals surface area (Å²) in [6.07, 6.45) is 3.70. The lowest BCUT2D eigenvalue weighted by molar-refractivity contribution is 0.352. The third-order valence-corrected chi connectivity index (χ3v) is 5.54. The third-order valence-electron chi connectivity index (χ3n) is 5.54. The Hall–Kier alpha value is -3.13. The normalized spacial score (nSPS) is 21.6. The molecule has 158 valence electrons. The molecule has 4 rings (SSSR count). The number of aliphatic imine (C=N–C) groups is 1. The molecule has 1 unspecified atom stereocenters. The van der Waals surface area contributed by atoms with Crippen LogP contribution in [0.25, 0.3) is 0 Å². The highest BCUT2D eigenvalue weighted by Gasteiger charge is 2.33. The fourth-order valence-corrected chi connectivity index (χ4v) is 3.72. The largest absolute Gasteiger partial charge is 0.364 e. The van der Waals surface area contributed by atoms with Crippen LogP contribution in [0, 0.1) is 12.7 Å². The van der Waals surface area contributed by atoms with Crippen molar-refractivity contribution < 1.29 is 4.39 Å². The molecule has 7 nitrogen and oxygen atoms in total. The van der Waals surface area contributed by atoms with Gasteiger partial charge in [0.1, 0.15) is 17.5 Å². The first kappa shape index (κ1) is 20.2. The summed E-state index contributed by atoms with van der Waals surface area (Å²) in [5.41, 5.74) is 6.98. The van der Waals surface area contributed by atoms with Crippen molar-refractivity contribution in [3.8, 4) is 0 Å². The summed E-state index contributed by atoms with van der Waals surface area (Å²) in [6, 6.07) is 10.9. The number of rotatable bonds is 3. The zero-order valence-corrected chi connectivity index (χ0v) is 17.6. The second-order valence-corrected chi connectivity index (χ2v) is 7.94. The van der Waals surface area contributed by atoms with E-state index in [2.05, 4.69) is 20.1 Å². The average molecular weight is 410 g/mol. The Morgan fingerprint density at radius 1 is 1.10 bits per heavy atom. The Morgan fingerprint density at radius 2 is 1.83 bits per heavy atom. The number of guanidine groups is 1. The molecule has 1 fully saturated rings. The molecule has 2 aromatic rings. The first-order valence-corrected chi connectivity index (χ1v) is 10.1. The van der Waals surface area contributed by atoms with Crippen molar-refractivity contribution in [1.82, 2.24) is 20.1 Å². The van der Waals surface area contributed by atoms with Crippen LogP contribution < -0.4 is 16.0 Å². The van der Waals surface area contributed by atoms with Gasteiger partial charge in [0.05, 0.1) is 0 Å². The highest BCUT2D eigenvalue weighted by Crippen LogP contribution is 2.28. The maximum atomic E-state index is 13.8. The Morgan fingerprint density at radius 3 is 2.47 bits per heavy atom. The van der Waals surface area contributed by atoms with Crippen molar-refractivity contribution in [2.75, 3.05) is 45.2 Å². The highest BCUT2D eigenvalue weighted by molar-refractivity contribution is 5.83. The quantitative estimate of drug-likeness (QED) is 0.806. The SMILES string of the molecule is Cc1cc(C2(N)C=C(N(C)C)NC(N3CCN(c4ccccn4)CC3)=N2)ccc1F. The molecular weight excluding hydrogens is 381 g/mol. The van der Waals surface area contributed by atoms with Crippen molar-refractivity contribution >= 4 is 11.8 Å². The predicted octanol–water partition coefficient (Wildman–Crippen LogP) is 1.83. The number of hydrogen-bond acceptors (Lipinski definition) is 7. The maximum Gasteiger partial charge on any atom is 0.202 e. The fraction of sp³-hybridized carbons (Fsp3) is 0.364. The number of nitrogens with zero attached hydrogens (tertiary/aromatic N) is 5. The molecule has 30 heavy (non-hydrogen) atoms. The lowest BCUT2D eigenvalue weighted by Gasteiger charge is -2.41. The van der Waals surface area contributed by atoms with Gasteiger partial charge in [0.15, 0.2) is 5.66 Å². The number of aromatic nitrogens is 1. The second-order valence-electron chi connectivity index (χ2n) is 7.94. The van der Waals surface area contributed by atoms with Crippen LogP contribution in [0.3, 0.4) is 0 Å². The summed E-state index contributed by atoms with van der Waals surface area (Å²) < 4.78 is 13.8. The number of nitrogens with one attached hydrogen (secondary N) is 1. The van der Waals surface area contributed by atoms with Gasteiger partial charge in [-0.25, -0.2) is 14.4 Å². The Balaban J connectivity index is 1.59. The van der Waals surface area contributed by atoms with E-state index in [0.717, 1.165) is 49.3 Å². The second kappa shape index (κ2) is 7.95. The van der Waals surface area contributed by atoms with Gasteiger partial charge >= 0.3 is 0 Å². The number of hydrogen-bond donors (Lipinski definition) is 2. The monoisotopic (exact) mass is 409 g/mol. The molecule has 1 atom stereocenters. The predicted molar refractivity (Wildman–Crippen MR) is 117 cm³/mol. The van der Waals surface area contributed by atoms with Gasteiger partial charge in [0, 0.05) is 52.5 Å². The minimum atomic E-state index is -1.07. The summed E-state index contributed by atoms with van der Waals surface area (Å²) in [5, 5.41) is 3.40. The Labute approximate surface area is 176 Å². The zero-order chi connectivity index (χ0) is 21.3. The number of piperazine rings is 1. The molecule has 0 aliphatic carbocycles. The summed E-state index contributed by atoms with van der Waals surface area (Å²) >= 11 is 0. The first-order chi connectivity index (χ1) is 14.4. The summed E-state index contributed by atoms with van der Waals surface area (Å²) in [5.74, 6) is 2.32. The molecule has 8 heteroatoms. The van der Waals surface area contributed by atoms with E-state index in [9.17, 15) is 4.39 Å². The molecule has 0 radical (unpaired) electrons. The Kier molecular flexibility index (Phi) is 5.34. The number of aryl methyl sites for hydroxylation is 1. The fourth-order valence-electron chi connectivity index (χ4n) is 3.72. The number of pyridine rings is 1. The minimum Gasteiger partial charge on any atom is -0.364 e. The van der Waals surface area contributed by atoms with E-state index in [-0.39, 0.29) is 5.82 Å². The molecular formula is C22H28FN7. The van der Waals surface area contributed by atoms with Crippen LogP contribution in [-0.2, 0) is 5.66 Å². The van der Waals surface area contributed by atoms with Crippen LogP contribution in [0.4, 0.5) is 10.2 Å². The standard InChI is InChI=1S/C22H28FN7/c1-16-14-17(7-8-18(16)23)22(24)15-20(28(2)3)26-21(27-22)30-12-10-29(11-13-30)19-6-4-5-9-25-19/h4-9,14-15H,10-13,24H2,1-3H3,(H,26,27). The molecule has 1 aromatic carbocycles. The molecule has 0 saturated carbocycles. The summed E-state index contributed by atoms with van der Waals surface area (Å²) in [4.78, 5) is 15.7. The van der Waals surface area contributed by atoms with E-state index in [1.54, 1.807) is 19.1 Å². The van der Waals surface area contributed by atoms with Crippen LogP contribution in [-0.4, -0.2) is 61.0 Å². The number of halogens is 1.